The van der Waals surface area contributed by atoms with E-state index in [1.807, 2.05) is 50.6 Å². The van der Waals surface area contributed by atoms with Crippen LogP contribution in [0.2, 0.25) is 0 Å². The molecule has 7 rings (SSSR count). The first-order valence-corrected chi connectivity index (χ1v) is 16.7. The number of hydrogen-bond acceptors (Lipinski definition) is 10. The first-order valence-electron chi connectivity index (χ1n) is 14.4. The molecule has 0 saturated carbocycles. The number of rotatable bonds is 6. The highest BCUT2D eigenvalue weighted by Gasteiger charge is 2.49. The molecule has 0 spiro atoms. The number of benzene rings is 1. The van der Waals surface area contributed by atoms with E-state index in [-0.39, 0.29) is 30.1 Å². The Kier molecular flexibility index (Phi) is 6.76. The molecule has 1 saturated heterocycles. The summed E-state index contributed by atoms with van der Waals surface area (Å²) in [5.41, 5.74) is 0.569. The molecule has 1 amide bonds. The summed E-state index contributed by atoms with van der Waals surface area (Å²) < 4.78 is 37.2. The number of aromatic nitrogens is 7. The summed E-state index contributed by atoms with van der Waals surface area (Å²) in [5, 5.41) is 19.2. The van der Waals surface area contributed by atoms with Crippen LogP contribution in [0.3, 0.4) is 0 Å². The lowest BCUT2D eigenvalue weighted by Gasteiger charge is -2.48. The number of ether oxygens (including phenoxy) is 1. The van der Waals surface area contributed by atoms with Gasteiger partial charge in [-0.1, -0.05) is 18.2 Å². The zero-order chi connectivity index (χ0) is 32.4. The number of thiophene rings is 1. The molecule has 0 bridgehead atoms. The molecule has 5 aromatic heterocycles. The standard InChI is InChI=1S/C31H29N9O4S2/c1-20-10-11-25(45-20)28-36-24-16-33-27-23(15-35-40(27)46(42,43)22-8-6-5-7-9-22)26(24)39(28)21-14-34-38(17-21)31(12-13-32)18-37(19-31)29(41)44-30(2,3)4/h5-11,14-17H,12,18-19H2,1-4H3. The summed E-state index contributed by atoms with van der Waals surface area (Å²) in [6.45, 7) is 7.95. The number of pyridine rings is 1. The Hall–Kier alpha value is -5.07. The van der Waals surface area contributed by atoms with Crippen LogP contribution in [0, 0.1) is 18.3 Å². The van der Waals surface area contributed by atoms with Crippen molar-refractivity contribution in [1.29, 1.82) is 5.26 Å². The van der Waals surface area contributed by atoms with Crippen molar-refractivity contribution in [2.45, 2.75) is 50.2 Å². The van der Waals surface area contributed by atoms with Gasteiger partial charge in [0.15, 0.2) is 11.5 Å². The van der Waals surface area contributed by atoms with E-state index in [2.05, 4.69) is 21.3 Å². The predicted octanol–water partition coefficient (Wildman–Crippen LogP) is 5.10. The number of imidazole rings is 1. The first kappa shape index (κ1) is 29.6. The number of hydrogen-bond donors (Lipinski definition) is 0. The van der Waals surface area contributed by atoms with Gasteiger partial charge >= 0.3 is 6.09 Å². The van der Waals surface area contributed by atoms with Gasteiger partial charge in [-0.05, 0) is 52.0 Å². The molecule has 0 atom stereocenters. The Balaban J connectivity index is 1.36. The van der Waals surface area contributed by atoms with Crippen molar-refractivity contribution in [3.8, 4) is 22.5 Å². The highest BCUT2D eigenvalue weighted by Crippen LogP contribution is 2.38. The topological polar surface area (TPSA) is 154 Å². The van der Waals surface area contributed by atoms with Crippen LogP contribution < -0.4 is 0 Å². The number of likely N-dealkylation sites (tertiary alicyclic amines) is 1. The Bertz CT molecular complexity index is 2280. The SMILES string of the molecule is Cc1ccc(-c2nc3cnc4c(cnn4S(=O)(=O)c4ccccc4)c3n2-c2cnn(C3(CC#N)CN(C(=O)OC(C)(C)C)C3)c2)s1. The van der Waals surface area contributed by atoms with E-state index in [0.29, 0.717) is 27.9 Å². The molecule has 15 heteroatoms. The van der Waals surface area contributed by atoms with E-state index in [1.54, 1.807) is 51.5 Å². The maximum absolute atomic E-state index is 13.6. The van der Waals surface area contributed by atoms with Crippen LogP contribution in [0.15, 0.2) is 72.1 Å². The number of carbonyl (C=O) groups is 1. The second kappa shape index (κ2) is 10.5. The predicted molar refractivity (Wildman–Crippen MR) is 171 cm³/mol. The van der Waals surface area contributed by atoms with Crippen molar-refractivity contribution in [2.24, 2.45) is 0 Å². The van der Waals surface area contributed by atoms with Gasteiger partial charge in [-0.25, -0.2) is 14.8 Å². The molecule has 6 heterocycles. The summed E-state index contributed by atoms with van der Waals surface area (Å²) in [6, 6.07) is 14.3. The molecule has 1 aliphatic heterocycles. The van der Waals surface area contributed by atoms with E-state index in [1.165, 1.54) is 18.3 Å². The van der Waals surface area contributed by atoms with E-state index in [0.717, 1.165) is 13.8 Å². The van der Waals surface area contributed by atoms with Gasteiger partial charge < -0.3 is 9.64 Å². The van der Waals surface area contributed by atoms with Crippen molar-refractivity contribution in [2.75, 3.05) is 13.1 Å². The fourth-order valence-corrected chi connectivity index (χ4v) is 7.74. The highest BCUT2D eigenvalue weighted by molar-refractivity contribution is 7.90. The van der Waals surface area contributed by atoms with Gasteiger partial charge in [-0.2, -0.15) is 23.9 Å². The molecule has 0 N–H and O–H groups in total. The quantitative estimate of drug-likeness (QED) is 0.238. The largest absolute Gasteiger partial charge is 0.444 e. The molecule has 1 fully saturated rings. The summed E-state index contributed by atoms with van der Waals surface area (Å²) in [5.74, 6) is 0.624. The molecule has 13 nitrogen and oxygen atoms in total. The lowest BCUT2D eigenvalue weighted by atomic mass is 9.87. The normalized spacial score (nSPS) is 14.8. The lowest BCUT2D eigenvalue weighted by molar-refractivity contribution is -0.0314. The van der Waals surface area contributed by atoms with Crippen LogP contribution in [0.5, 0.6) is 0 Å². The zero-order valence-electron chi connectivity index (χ0n) is 25.4. The summed E-state index contributed by atoms with van der Waals surface area (Å²) in [4.78, 5) is 25.8. The summed E-state index contributed by atoms with van der Waals surface area (Å²) in [6.07, 6.45) is 6.22. The number of aryl methyl sites for hydroxylation is 1. The average molecular weight is 656 g/mol. The fraction of sp³-hybridized carbons (Fsp3) is 0.290. The Labute approximate surface area is 268 Å². The third kappa shape index (κ3) is 4.81. The molecule has 0 radical (unpaired) electrons. The van der Waals surface area contributed by atoms with Crippen molar-refractivity contribution < 1.29 is 17.9 Å². The fourth-order valence-electron chi connectivity index (χ4n) is 5.65. The number of fused-ring (bicyclic) bond motifs is 3. The van der Waals surface area contributed by atoms with Crippen molar-refractivity contribution in [3.63, 3.8) is 0 Å². The molecule has 1 aromatic carbocycles. The van der Waals surface area contributed by atoms with Crippen molar-refractivity contribution >= 4 is 49.5 Å². The number of nitriles is 1. The van der Waals surface area contributed by atoms with Gasteiger partial charge in [-0.15, -0.1) is 15.4 Å². The van der Waals surface area contributed by atoms with Crippen molar-refractivity contribution in [3.05, 3.63) is 72.1 Å². The minimum Gasteiger partial charge on any atom is -0.444 e. The van der Waals surface area contributed by atoms with E-state index in [4.69, 9.17) is 9.72 Å². The minimum absolute atomic E-state index is 0.0927. The lowest BCUT2D eigenvalue weighted by Crippen LogP contribution is -2.64. The van der Waals surface area contributed by atoms with Crippen LogP contribution in [-0.2, 0) is 20.3 Å². The highest BCUT2D eigenvalue weighted by atomic mass is 32.2. The average Bonchev–Trinajstić information content (AvgIpc) is 3.78. The Morgan fingerprint density at radius 3 is 2.52 bits per heavy atom. The zero-order valence-corrected chi connectivity index (χ0v) is 27.1. The second-order valence-corrected chi connectivity index (χ2v) is 15.3. The molecule has 1 aliphatic rings. The molecular formula is C31H29N9O4S2. The van der Waals surface area contributed by atoms with Crippen LogP contribution >= 0.6 is 11.3 Å². The minimum atomic E-state index is -4.03. The maximum atomic E-state index is 13.6. The van der Waals surface area contributed by atoms with Gasteiger partial charge in [0.25, 0.3) is 10.0 Å². The van der Waals surface area contributed by atoms with Gasteiger partial charge in [0.05, 0.1) is 70.5 Å². The monoisotopic (exact) mass is 655 g/mol. The Morgan fingerprint density at radius 2 is 1.85 bits per heavy atom. The molecule has 46 heavy (non-hydrogen) atoms. The van der Waals surface area contributed by atoms with Crippen LogP contribution in [-0.4, -0.2) is 71.6 Å². The van der Waals surface area contributed by atoms with Crippen LogP contribution in [0.25, 0.3) is 38.5 Å². The smallest absolute Gasteiger partial charge is 0.410 e. The van der Waals surface area contributed by atoms with Crippen LogP contribution in [0.4, 0.5) is 4.79 Å². The third-order valence-corrected chi connectivity index (χ3v) is 10.3. The maximum Gasteiger partial charge on any atom is 0.410 e. The molecule has 0 unspecified atom stereocenters. The van der Waals surface area contributed by atoms with E-state index < -0.39 is 27.3 Å². The van der Waals surface area contributed by atoms with Gasteiger partial charge in [0.2, 0.25) is 0 Å². The molecule has 0 aliphatic carbocycles. The molecule has 6 aromatic rings. The van der Waals surface area contributed by atoms with E-state index in [9.17, 15) is 18.5 Å². The number of amides is 1. The van der Waals surface area contributed by atoms with E-state index >= 15 is 0 Å². The second-order valence-electron chi connectivity index (χ2n) is 12.3. The summed E-state index contributed by atoms with van der Waals surface area (Å²) >= 11 is 1.57. The molecule has 234 valence electrons. The Morgan fingerprint density at radius 1 is 1.09 bits per heavy atom. The first-order chi connectivity index (χ1) is 21.9. The number of carbonyl (C=O) groups excluding carboxylic acids is 1. The summed E-state index contributed by atoms with van der Waals surface area (Å²) in [7, 11) is -4.03. The third-order valence-electron chi connectivity index (χ3n) is 7.76. The van der Waals surface area contributed by atoms with Gasteiger partial charge in [-0.3, -0.25) is 9.25 Å². The van der Waals surface area contributed by atoms with Gasteiger partial charge in [0, 0.05) is 11.1 Å². The van der Waals surface area contributed by atoms with Crippen molar-refractivity contribution in [1.82, 2.24) is 38.4 Å². The van der Waals surface area contributed by atoms with Crippen LogP contribution in [0.1, 0.15) is 32.1 Å². The molecular weight excluding hydrogens is 627 g/mol. The number of nitrogens with zero attached hydrogens (tertiary/aromatic N) is 9. The van der Waals surface area contributed by atoms with Gasteiger partial charge in [0.1, 0.15) is 16.7 Å².